The second-order valence-corrected chi connectivity index (χ2v) is 9.34. The second kappa shape index (κ2) is 10.7. The van der Waals surface area contributed by atoms with Gasteiger partial charge in [-0.05, 0) is 50.2 Å². The second-order valence-electron chi connectivity index (χ2n) is 8.03. The first-order valence-corrected chi connectivity index (χ1v) is 11.5. The van der Waals surface area contributed by atoms with Crippen molar-refractivity contribution in [3.63, 3.8) is 0 Å². The molecule has 0 unspecified atom stereocenters. The zero-order valence-electron chi connectivity index (χ0n) is 19.0. The summed E-state index contributed by atoms with van der Waals surface area (Å²) < 4.78 is 5.51. The van der Waals surface area contributed by atoms with Crippen LogP contribution < -0.4 is 4.74 Å². The maximum Gasteiger partial charge on any atom is 0.308 e. The van der Waals surface area contributed by atoms with Gasteiger partial charge in [-0.25, -0.2) is 0 Å². The van der Waals surface area contributed by atoms with E-state index in [4.69, 9.17) is 39.5 Å². The summed E-state index contributed by atoms with van der Waals surface area (Å²) in [6, 6.07) is 8.87. The molecule has 3 aromatic carbocycles. The quantitative estimate of drug-likeness (QED) is 0.202. The van der Waals surface area contributed by atoms with Gasteiger partial charge in [0.05, 0.1) is 11.1 Å². The van der Waals surface area contributed by atoms with Crippen molar-refractivity contribution < 1.29 is 29.3 Å². The zero-order valence-corrected chi connectivity index (χ0v) is 21.3. The van der Waals surface area contributed by atoms with E-state index in [1.54, 1.807) is 12.1 Å². The fourth-order valence-electron chi connectivity index (χ4n) is 3.78. The van der Waals surface area contributed by atoms with Crippen molar-refractivity contribution in [1.29, 1.82) is 0 Å². The first-order chi connectivity index (χ1) is 16.4. The highest BCUT2D eigenvalue weighted by molar-refractivity contribution is 6.31. The van der Waals surface area contributed by atoms with Crippen LogP contribution in [0.4, 0.5) is 0 Å². The summed E-state index contributed by atoms with van der Waals surface area (Å²) in [5, 5.41) is 22.1. The van der Waals surface area contributed by atoms with Crippen LogP contribution in [0.1, 0.15) is 63.7 Å². The molecule has 35 heavy (non-hydrogen) atoms. The van der Waals surface area contributed by atoms with Crippen molar-refractivity contribution >= 4 is 52.3 Å². The predicted octanol–water partition coefficient (Wildman–Crippen LogP) is 6.57. The van der Waals surface area contributed by atoms with Gasteiger partial charge < -0.3 is 14.9 Å². The molecule has 3 aromatic rings. The summed E-state index contributed by atoms with van der Waals surface area (Å²) in [5.74, 6) is -1.65. The number of hydrogen-bond donors (Lipinski definition) is 2. The van der Waals surface area contributed by atoms with Crippen LogP contribution in [0.2, 0.25) is 15.1 Å². The fourth-order valence-corrected chi connectivity index (χ4v) is 4.52. The maximum absolute atomic E-state index is 12.0. The molecule has 0 saturated carbocycles. The maximum atomic E-state index is 12.0. The third-order valence-corrected chi connectivity index (χ3v) is 5.94. The van der Waals surface area contributed by atoms with Gasteiger partial charge in [-0.1, -0.05) is 34.8 Å². The standard InChI is InChI=1S/C26H21Cl3O6/c1-12(30)22-10-20(28)6-15(24(22)33)4-17-8-19(27)9-18(26(17)35-14(3)32)5-16-7-21(29)11-23(13(2)31)25(16)34/h6-11,33-34H,4-5H2,1-3H3. The van der Waals surface area contributed by atoms with Gasteiger partial charge >= 0.3 is 5.97 Å². The number of phenols is 2. The molecule has 0 radical (unpaired) electrons. The Hall–Kier alpha value is -3.06. The smallest absolute Gasteiger partial charge is 0.308 e. The van der Waals surface area contributed by atoms with Crippen molar-refractivity contribution in [2.75, 3.05) is 0 Å². The van der Waals surface area contributed by atoms with Gasteiger partial charge in [0.1, 0.15) is 17.2 Å². The number of phenolic OH excluding ortho intramolecular Hbond substituents is 2. The number of ketones is 2. The first-order valence-electron chi connectivity index (χ1n) is 10.4. The molecule has 0 aliphatic rings. The number of hydrogen-bond acceptors (Lipinski definition) is 6. The third-order valence-electron chi connectivity index (χ3n) is 5.28. The Balaban J connectivity index is 2.17. The minimum absolute atomic E-state index is 0.0308. The number of carbonyl (C=O) groups is 3. The lowest BCUT2D eigenvalue weighted by Gasteiger charge is -2.17. The first kappa shape index (κ1) is 26.5. The SMILES string of the molecule is CC(=O)Oc1c(Cc2cc(Cl)cc(C(C)=O)c2O)cc(Cl)cc1Cc1cc(Cl)cc(C(C)=O)c1O. The highest BCUT2D eigenvalue weighted by Gasteiger charge is 2.21. The largest absolute Gasteiger partial charge is 0.507 e. The van der Waals surface area contributed by atoms with Gasteiger partial charge in [0.2, 0.25) is 0 Å². The average Bonchev–Trinajstić information content (AvgIpc) is 2.74. The summed E-state index contributed by atoms with van der Waals surface area (Å²) >= 11 is 18.7. The Labute approximate surface area is 217 Å². The predicted molar refractivity (Wildman–Crippen MR) is 135 cm³/mol. The van der Waals surface area contributed by atoms with E-state index in [1.165, 1.54) is 45.0 Å². The van der Waals surface area contributed by atoms with Crippen LogP contribution in [-0.4, -0.2) is 27.7 Å². The van der Waals surface area contributed by atoms with E-state index in [0.29, 0.717) is 27.3 Å². The fraction of sp³-hybridized carbons (Fsp3) is 0.192. The lowest BCUT2D eigenvalue weighted by atomic mass is 9.94. The number of benzene rings is 3. The van der Waals surface area contributed by atoms with Crippen molar-refractivity contribution in [2.45, 2.75) is 33.6 Å². The summed E-state index contributed by atoms with van der Waals surface area (Å²) in [6.07, 6.45) is 0.0616. The van der Waals surface area contributed by atoms with Crippen LogP contribution in [-0.2, 0) is 17.6 Å². The molecule has 0 aliphatic heterocycles. The topological polar surface area (TPSA) is 101 Å². The number of esters is 1. The summed E-state index contributed by atoms with van der Waals surface area (Å²) in [5.41, 5.74) is 1.64. The molecule has 0 atom stereocenters. The van der Waals surface area contributed by atoms with Crippen molar-refractivity contribution in [1.82, 2.24) is 0 Å². The van der Waals surface area contributed by atoms with Crippen LogP contribution >= 0.6 is 34.8 Å². The lowest BCUT2D eigenvalue weighted by molar-refractivity contribution is -0.132. The Morgan fingerprint density at radius 2 is 1.00 bits per heavy atom. The van der Waals surface area contributed by atoms with Crippen molar-refractivity contribution in [2.24, 2.45) is 0 Å². The number of ether oxygens (including phenoxy) is 1. The van der Waals surface area contributed by atoms with Gasteiger partial charge in [-0.2, -0.15) is 0 Å². The van der Waals surface area contributed by atoms with E-state index in [-0.39, 0.29) is 62.8 Å². The van der Waals surface area contributed by atoms with Crippen LogP contribution in [0.5, 0.6) is 17.2 Å². The number of Topliss-reactive ketones (excluding diaryl/α,β-unsaturated/α-hetero) is 2. The molecule has 0 heterocycles. The highest BCUT2D eigenvalue weighted by Crippen LogP contribution is 2.38. The molecule has 0 bridgehead atoms. The summed E-state index contributed by atoms with van der Waals surface area (Å²) in [6.45, 7) is 3.85. The Morgan fingerprint density at radius 1 is 0.657 bits per heavy atom. The Bertz CT molecular complexity index is 1270. The van der Waals surface area contributed by atoms with Gasteiger partial charge in [0.25, 0.3) is 0 Å². The van der Waals surface area contributed by atoms with E-state index in [9.17, 15) is 24.6 Å². The van der Waals surface area contributed by atoms with Crippen molar-refractivity contribution in [3.05, 3.63) is 84.8 Å². The molecule has 2 N–H and O–H groups in total. The minimum atomic E-state index is -0.602. The van der Waals surface area contributed by atoms with Gasteiger partial charge in [-0.3, -0.25) is 14.4 Å². The molecule has 0 saturated heterocycles. The molecular formula is C26H21Cl3O6. The van der Waals surface area contributed by atoms with Gasteiger partial charge in [0, 0.05) is 57.1 Å². The van der Waals surface area contributed by atoms with Crippen LogP contribution in [0.25, 0.3) is 0 Å². The molecule has 0 spiro atoms. The molecule has 0 aromatic heterocycles. The highest BCUT2D eigenvalue weighted by atomic mass is 35.5. The number of rotatable bonds is 7. The molecule has 9 heteroatoms. The summed E-state index contributed by atoms with van der Waals surface area (Å²) in [7, 11) is 0. The number of carbonyl (C=O) groups excluding carboxylic acids is 3. The van der Waals surface area contributed by atoms with E-state index in [0.717, 1.165) is 0 Å². The molecule has 3 rings (SSSR count). The third kappa shape index (κ3) is 6.14. The molecular weight excluding hydrogens is 515 g/mol. The normalized spacial score (nSPS) is 10.8. The van der Waals surface area contributed by atoms with Crippen LogP contribution in [0, 0.1) is 0 Å². The monoisotopic (exact) mass is 534 g/mol. The van der Waals surface area contributed by atoms with Gasteiger partial charge in [-0.15, -0.1) is 0 Å². The summed E-state index contributed by atoms with van der Waals surface area (Å²) in [4.78, 5) is 35.8. The Kier molecular flexibility index (Phi) is 8.11. The number of aromatic hydroxyl groups is 2. The van der Waals surface area contributed by atoms with E-state index in [1.807, 2.05) is 0 Å². The van der Waals surface area contributed by atoms with E-state index < -0.39 is 5.97 Å². The molecule has 6 nitrogen and oxygen atoms in total. The Morgan fingerprint density at radius 3 is 1.34 bits per heavy atom. The lowest BCUT2D eigenvalue weighted by Crippen LogP contribution is -2.09. The van der Waals surface area contributed by atoms with Crippen molar-refractivity contribution in [3.8, 4) is 17.2 Å². The molecule has 0 amide bonds. The van der Waals surface area contributed by atoms with Crippen LogP contribution in [0.3, 0.4) is 0 Å². The molecule has 0 aliphatic carbocycles. The van der Waals surface area contributed by atoms with Crippen LogP contribution in [0.15, 0.2) is 36.4 Å². The van der Waals surface area contributed by atoms with E-state index in [2.05, 4.69) is 0 Å². The molecule has 0 fully saturated rings. The van der Waals surface area contributed by atoms with Gasteiger partial charge in [0.15, 0.2) is 11.6 Å². The zero-order chi connectivity index (χ0) is 26.0. The van der Waals surface area contributed by atoms with E-state index >= 15 is 0 Å². The molecule has 182 valence electrons. The average molecular weight is 536 g/mol. The number of halogens is 3. The minimum Gasteiger partial charge on any atom is -0.507 e.